The van der Waals surface area contributed by atoms with Crippen molar-refractivity contribution in [3.63, 3.8) is 0 Å². The van der Waals surface area contributed by atoms with E-state index >= 15 is 0 Å². The van der Waals surface area contributed by atoms with Crippen LogP contribution < -0.4 is 15.0 Å². The maximum atomic E-state index is 12.9. The van der Waals surface area contributed by atoms with Crippen LogP contribution in [-0.4, -0.2) is 33.5 Å². The Morgan fingerprint density at radius 1 is 1.14 bits per heavy atom. The Kier molecular flexibility index (Phi) is 7.37. The molecule has 0 radical (unpaired) electrons. The molecular weight excluding hydrogens is 462 g/mol. The average molecular weight is 488 g/mol. The van der Waals surface area contributed by atoms with Crippen LogP contribution >= 0.6 is 11.3 Å². The van der Waals surface area contributed by atoms with E-state index in [1.807, 2.05) is 72.4 Å². The number of nitrogens with one attached hydrogen (secondary N) is 1. The smallest absolute Gasteiger partial charge is 0.244 e. The number of methoxy groups -OCH3 is 1. The van der Waals surface area contributed by atoms with Gasteiger partial charge in [-0.2, -0.15) is 0 Å². The minimum Gasteiger partial charge on any atom is -0.497 e. The number of rotatable bonds is 8. The van der Waals surface area contributed by atoms with Gasteiger partial charge in [0.1, 0.15) is 17.6 Å². The first-order chi connectivity index (χ1) is 17.0. The van der Waals surface area contributed by atoms with Crippen LogP contribution in [0.4, 0.5) is 10.8 Å². The number of benzene rings is 2. The molecule has 178 valence electrons. The van der Waals surface area contributed by atoms with Crippen LogP contribution in [0.15, 0.2) is 78.4 Å². The fourth-order valence-corrected chi connectivity index (χ4v) is 4.41. The second-order valence-electron chi connectivity index (χ2n) is 7.69. The highest BCUT2D eigenvalue weighted by Crippen LogP contribution is 2.29. The third kappa shape index (κ3) is 5.64. The topological polar surface area (TPSA) is 89.3 Å². The molecule has 4 rings (SSSR count). The highest BCUT2D eigenvalue weighted by Gasteiger charge is 2.20. The predicted molar refractivity (Wildman–Crippen MR) is 137 cm³/mol. The van der Waals surface area contributed by atoms with Gasteiger partial charge in [-0.25, -0.2) is 9.97 Å². The quantitative estimate of drug-likeness (QED) is 0.370. The first-order valence-electron chi connectivity index (χ1n) is 10.9. The Morgan fingerprint density at radius 2 is 1.89 bits per heavy atom. The zero-order valence-electron chi connectivity index (χ0n) is 19.6. The lowest BCUT2D eigenvalue weighted by atomic mass is 10.1. The molecule has 0 spiro atoms. The maximum absolute atomic E-state index is 12.9. The first kappa shape index (κ1) is 23.9. The molecule has 1 N–H and O–H groups in total. The van der Waals surface area contributed by atoms with Crippen molar-refractivity contribution < 1.29 is 14.3 Å². The summed E-state index contributed by atoms with van der Waals surface area (Å²) in [6.45, 7) is 1.49. The van der Waals surface area contributed by atoms with Crippen molar-refractivity contribution in [2.75, 3.05) is 12.0 Å². The predicted octanol–water partition coefficient (Wildman–Crippen LogP) is 4.49. The van der Waals surface area contributed by atoms with Gasteiger partial charge in [-0.1, -0.05) is 30.3 Å². The molecule has 2 aromatic carbocycles. The molecular formula is C26H25N5O3S. The second kappa shape index (κ2) is 10.8. The van der Waals surface area contributed by atoms with Gasteiger partial charge in [0.25, 0.3) is 0 Å². The molecule has 4 aromatic rings. The lowest BCUT2D eigenvalue weighted by Crippen LogP contribution is -2.29. The van der Waals surface area contributed by atoms with E-state index in [0.29, 0.717) is 16.6 Å². The van der Waals surface area contributed by atoms with E-state index in [4.69, 9.17) is 4.74 Å². The summed E-state index contributed by atoms with van der Waals surface area (Å²) in [6, 6.07) is 16.4. The number of aryl methyl sites for hydroxylation is 1. The number of imidazole rings is 1. The Labute approximate surface area is 207 Å². The molecule has 2 heterocycles. The number of amides is 2. The number of hydrogen-bond acceptors (Lipinski definition) is 6. The summed E-state index contributed by atoms with van der Waals surface area (Å²) in [5.74, 6) is 0.993. The zero-order chi connectivity index (χ0) is 24.8. The molecule has 0 aliphatic carbocycles. The average Bonchev–Trinajstić information content (AvgIpc) is 3.51. The molecule has 9 heteroatoms. The number of nitrogens with zero attached hydrogens (tertiary/aromatic N) is 4. The van der Waals surface area contributed by atoms with Gasteiger partial charge in [-0.15, -0.1) is 11.3 Å². The Hall–Kier alpha value is -4.24. The number of carbonyl (C=O) groups excluding carboxylic acids is 2. The van der Waals surface area contributed by atoms with E-state index in [-0.39, 0.29) is 11.8 Å². The number of hydrogen-bond donors (Lipinski definition) is 1. The van der Waals surface area contributed by atoms with Gasteiger partial charge in [-0.3, -0.25) is 14.5 Å². The van der Waals surface area contributed by atoms with Gasteiger partial charge < -0.3 is 14.6 Å². The van der Waals surface area contributed by atoms with Gasteiger partial charge in [-0.05, 0) is 35.9 Å². The molecule has 0 aliphatic rings. The fourth-order valence-electron chi connectivity index (χ4n) is 3.56. The molecule has 1 atom stereocenters. The van der Waals surface area contributed by atoms with Crippen LogP contribution in [0.25, 0.3) is 6.08 Å². The summed E-state index contributed by atoms with van der Waals surface area (Å²) in [5, 5.41) is 5.36. The molecule has 2 amide bonds. The molecule has 1 unspecified atom stereocenters. The largest absolute Gasteiger partial charge is 0.497 e. The highest BCUT2D eigenvalue weighted by molar-refractivity contribution is 7.14. The molecule has 2 aromatic heterocycles. The highest BCUT2D eigenvalue weighted by atomic mass is 32.1. The van der Waals surface area contributed by atoms with Crippen molar-refractivity contribution in [1.29, 1.82) is 0 Å². The summed E-state index contributed by atoms with van der Waals surface area (Å²) in [4.78, 5) is 35.6. The summed E-state index contributed by atoms with van der Waals surface area (Å²) >= 11 is 1.33. The lowest BCUT2D eigenvalue weighted by Gasteiger charge is -2.18. The monoisotopic (exact) mass is 487 g/mol. The zero-order valence-corrected chi connectivity index (χ0v) is 20.4. The number of carbonyl (C=O) groups is 2. The standard InChI is InChI=1S/C26H25N5O3S/c1-18(32)31(21-7-5-4-6-8-21)26-28-20(17-35-26)11-14-23(33)29-24(25-27-15-16-30(25)2)19-9-12-22(34-3)13-10-19/h4-17,24H,1-3H3,(H,29,33)/b14-11+. The van der Waals surface area contributed by atoms with E-state index in [1.165, 1.54) is 24.3 Å². The van der Waals surface area contributed by atoms with Crippen LogP contribution in [0.2, 0.25) is 0 Å². The Bertz CT molecular complexity index is 1330. The molecule has 0 aliphatic heterocycles. The summed E-state index contributed by atoms with van der Waals surface area (Å²) in [5.41, 5.74) is 2.19. The van der Waals surface area contributed by atoms with Crippen LogP contribution in [0, 0.1) is 0 Å². The Morgan fingerprint density at radius 3 is 2.51 bits per heavy atom. The normalized spacial score (nSPS) is 11.9. The number of aromatic nitrogens is 3. The van der Waals surface area contributed by atoms with Crippen molar-refractivity contribution in [2.45, 2.75) is 13.0 Å². The van der Waals surface area contributed by atoms with Gasteiger partial charge in [0.15, 0.2) is 5.13 Å². The minimum absolute atomic E-state index is 0.142. The van der Waals surface area contributed by atoms with Gasteiger partial charge in [0.2, 0.25) is 11.8 Å². The lowest BCUT2D eigenvalue weighted by molar-refractivity contribution is -0.117. The second-order valence-corrected chi connectivity index (χ2v) is 8.53. The Balaban J connectivity index is 1.52. The molecule has 8 nitrogen and oxygen atoms in total. The van der Waals surface area contributed by atoms with Crippen LogP contribution in [0.5, 0.6) is 5.75 Å². The van der Waals surface area contributed by atoms with E-state index in [2.05, 4.69) is 15.3 Å². The van der Waals surface area contributed by atoms with Crippen molar-refractivity contribution >= 4 is 40.0 Å². The number of ether oxygens (including phenoxy) is 1. The van der Waals surface area contributed by atoms with Gasteiger partial charge in [0.05, 0.1) is 18.5 Å². The van der Waals surface area contributed by atoms with E-state index in [1.54, 1.807) is 29.7 Å². The summed E-state index contributed by atoms with van der Waals surface area (Å²) in [6.07, 6.45) is 6.58. The van der Waals surface area contributed by atoms with Crippen molar-refractivity contribution in [3.05, 3.63) is 95.5 Å². The molecule has 0 bridgehead atoms. The third-order valence-corrected chi connectivity index (χ3v) is 6.13. The van der Waals surface area contributed by atoms with Gasteiger partial charge in [0, 0.05) is 37.8 Å². The molecule has 0 fully saturated rings. The van der Waals surface area contributed by atoms with Crippen LogP contribution in [-0.2, 0) is 16.6 Å². The fraction of sp³-hybridized carbons (Fsp3) is 0.154. The number of thiazole rings is 1. The molecule has 0 saturated carbocycles. The van der Waals surface area contributed by atoms with E-state index in [9.17, 15) is 9.59 Å². The van der Waals surface area contributed by atoms with E-state index in [0.717, 1.165) is 17.0 Å². The summed E-state index contributed by atoms with van der Waals surface area (Å²) < 4.78 is 7.11. The number of para-hydroxylation sites is 1. The van der Waals surface area contributed by atoms with Crippen molar-refractivity contribution in [2.24, 2.45) is 7.05 Å². The van der Waals surface area contributed by atoms with Crippen molar-refractivity contribution in [3.8, 4) is 5.75 Å². The van der Waals surface area contributed by atoms with Crippen molar-refractivity contribution in [1.82, 2.24) is 19.9 Å². The van der Waals surface area contributed by atoms with E-state index < -0.39 is 6.04 Å². The van der Waals surface area contributed by atoms with Crippen LogP contribution in [0.1, 0.15) is 30.0 Å². The summed E-state index contributed by atoms with van der Waals surface area (Å²) in [7, 11) is 3.49. The minimum atomic E-state index is -0.449. The SMILES string of the molecule is COc1ccc(C(NC(=O)/C=C/c2csc(N(C(C)=O)c3ccccc3)n2)c2nccn2C)cc1. The molecule has 35 heavy (non-hydrogen) atoms. The maximum Gasteiger partial charge on any atom is 0.244 e. The third-order valence-electron chi connectivity index (χ3n) is 5.29. The van der Waals surface area contributed by atoms with Crippen LogP contribution in [0.3, 0.4) is 0 Å². The van der Waals surface area contributed by atoms with Gasteiger partial charge >= 0.3 is 0 Å². The first-order valence-corrected chi connectivity index (χ1v) is 11.7. The molecule has 0 saturated heterocycles. The number of anilines is 2.